The summed E-state index contributed by atoms with van der Waals surface area (Å²) in [7, 11) is 1.87. The van der Waals surface area contributed by atoms with Crippen LogP contribution in [0.1, 0.15) is 37.8 Å². The van der Waals surface area contributed by atoms with Crippen LogP contribution in [-0.2, 0) is 4.79 Å². The quantitative estimate of drug-likeness (QED) is 0.923. The molecule has 19 heavy (non-hydrogen) atoms. The molecule has 0 saturated carbocycles. The highest BCUT2D eigenvalue weighted by Crippen LogP contribution is 2.29. The molecule has 2 rings (SSSR count). The molecule has 4 heteroatoms. The van der Waals surface area contributed by atoms with Crippen molar-refractivity contribution < 1.29 is 9.90 Å². The number of thioether (sulfide) groups is 1. The number of phenolic OH excluding ortho intramolecular Hbond substituents is 1. The van der Waals surface area contributed by atoms with Gasteiger partial charge in [0.05, 0.1) is 11.3 Å². The molecule has 1 N–H and O–H groups in total. The average Bonchev–Trinajstić information content (AvgIpc) is 2.46. The minimum atomic E-state index is 0.0376. The smallest absolute Gasteiger partial charge is 0.235 e. The molecular weight excluding hydrogens is 258 g/mol. The number of nitrogens with zero attached hydrogens (tertiary/aromatic N) is 1. The van der Waals surface area contributed by atoms with Gasteiger partial charge in [-0.1, -0.05) is 18.6 Å². The Kier molecular flexibility index (Phi) is 4.75. The van der Waals surface area contributed by atoms with Gasteiger partial charge >= 0.3 is 0 Å². The van der Waals surface area contributed by atoms with E-state index >= 15 is 0 Å². The molecule has 1 amide bonds. The van der Waals surface area contributed by atoms with Crippen molar-refractivity contribution in [1.82, 2.24) is 4.90 Å². The van der Waals surface area contributed by atoms with Crippen LogP contribution in [0.25, 0.3) is 0 Å². The molecule has 0 radical (unpaired) electrons. The van der Waals surface area contributed by atoms with Gasteiger partial charge in [0.15, 0.2) is 0 Å². The number of carbonyl (C=O) groups is 1. The van der Waals surface area contributed by atoms with Gasteiger partial charge in [-0.25, -0.2) is 0 Å². The molecule has 3 nitrogen and oxygen atoms in total. The number of amides is 1. The van der Waals surface area contributed by atoms with Crippen molar-refractivity contribution in [3.8, 4) is 5.75 Å². The van der Waals surface area contributed by atoms with E-state index in [-0.39, 0.29) is 22.9 Å². The molecular formula is C15H21NO2S. The van der Waals surface area contributed by atoms with E-state index in [2.05, 4.69) is 0 Å². The summed E-state index contributed by atoms with van der Waals surface area (Å²) in [6.07, 6.45) is 3.38. The second-order valence-corrected chi connectivity index (χ2v) is 6.38. The maximum Gasteiger partial charge on any atom is 0.235 e. The van der Waals surface area contributed by atoms with Gasteiger partial charge in [0.25, 0.3) is 0 Å². The Hall–Kier alpha value is -1.16. The number of hydrogen-bond donors (Lipinski definition) is 1. The molecule has 1 heterocycles. The summed E-state index contributed by atoms with van der Waals surface area (Å²) in [5.41, 5.74) is 1.05. The molecule has 0 aromatic heterocycles. The SMILES string of the molecule is CC(c1ccc(O)cc1)N(C)C(=O)C1CCCCS1. The van der Waals surface area contributed by atoms with Crippen molar-refractivity contribution in [2.45, 2.75) is 37.5 Å². The second kappa shape index (κ2) is 6.33. The topological polar surface area (TPSA) is 40.5 Å². The molecule has 1 aromatic carbocycles. The zero-order chi connectivity index (χ0) is 13.8. The zero-order valence-electron chi connectivity index (χ0n) is 11.5. The van der Waals surface area contributed by atoms with E-state index in [0.717, 1.165) is 24.2 Å². The molecule has 2 atom stereocenters. The molecule has 2 unspecified atom stereocenters. The lowest BCUT2D eigenvalue weighted by Crippen LogP contribution is -2.37. The van der Waals surface area contributed by atoms with Crippen LogP contribution in [-0.4, -0.2) is 34.0 Å². The van der Waals surface area contributed by atoms with Crippen LogP contribution in [0.4, 0.5) is 0 Å². The Morgan fingerprint density at radius 3 is 2.63 bits per heavy atom. The number of aromatic hydroxyl groups is 1. The first-order valence-corrected chi connectivity index (χ1v) is 7.81. The summed E-state index contributed by atoms with van der Waals surface area (Å²) < 4.78 is 0. The summed E-state index contributed by atoms with van der Waals surface area (Å²) in [5.74, 6) is 1.58. The van der Waals surface area contributed by atoms with Crippen LogP contribution in [0.3, 0.4) is 0 Å². The van der Waals surface area contributed by atoms with Crippen LogP contribution in [0.15, 0.2) is 24.3 Å². The van der Waals surface area contributed by atoms with E-state index in [0.29, 0.717) is 0 Å². The maximum absolute atomic E-state index is 12.4. The third kappa shape index (κ3) is 3.44. The van der Waals surface area contributed by atoms with E-state index in [4.69, 9.17) is 0 Å². The summed E-state index contributed by atoms with van der Waals surface area (Å²) in [6, 6.07) is 7.12. The summed E-state index contributed by atoms with van der Waals surface area (Å²) >= 11 is 1.78. The summed E-state index contributed by atoms with van der Waals surface area (Å²) in [5, 5.41) is 9.43. The fraction of sp³-hybridized carbons (Fsp3) is 0.533. The van der Waals surface area contributed by atoms with Crippen LogP contribution < -0.4 is 0 Å². The van der Waals surface area contributed by atoms with Crippen molar-refractivity contribution in [2.75, 3.05) is 12.8 Å². The van der Waals surface area contributed by atoms with Crippen LogP contribution in [0, 0.1) is 0 Å². The largest absolute Gasteiger partial charge is 0.508 e. The Morgan fingerprint density at radius 2 is 2.05 bits per heavy atom. The van der Waals surface area contributed by atoms with Crippen LogP contribution >= 0.6 is 11.8 Å². The summed E-state index contributed by atoms with van der Waals surface area (Å²) in [6.45, 7) is 2.03. The Labute approximate surface area is 119 Å². The number of carbonyl (C=O) groups excluding carboxylic acids is 1. The lowest BCUT2D eigenvalue weighted by molar-refractivity contribution is -0.131. The van der Waals surface area contributed by atoms with Gasteiger partial charge in [-0.05, 0) is 43.2 Å². The van der Waals surface area contributed by atoms with E-state index in [9.17, 15) is 9.90 Å². The predicted molar refractivity (Wildman–Crippen MR) is 79.4 cm³/mol. The third-order valence-electron chi connectivity index (χ3n) is 3.76. The molecule has 0 aliphatic carbocycles. The lowest BCUT2D eigenvalue weighted by atomic mass is 10.1. The normalized spacial score (nSPS) is 20.8. The molecule has 1 fully saturated rings. The predicted octanol–water partition coefficient (Wildman–Crippen LogP) is 3.20. The van der Waals surface area contributed by atoms with Gasteiger partial charge in [-0.2, -0.15) is 0 Å². The van der Waals surface area contributed by atoms with Gasteiger partial charge in [-0.3, -0.25) is 4.79 Å². The highest BCUT2D eigenvalue weighted by atomic mass is 32.2. The Bertz CT molecular complexity index is 426. The maximum atomic E-state index is 12.4. The van der Waals surface area contributed by atoms with E-state index in [1.807, 2.05) is 31.0 Å². The number of rotatable bonds is 3. The molecule has 0 spiro atoms. The molecule has 104 valence electrons. The average molecular weight is 279 g/mol. The van der Waals surface area contributed by atoms with Crippen molar-refractivity contribution in [3.05, 3.63) is 29.8 Å². The molecule has 0 bridgehead atoms. The molecule has 1 saturated heterocycles. The van der Waals surface area contributed by atoms with Gasteiger partial charge in [0.1, 0.15) is 5.75 Å². The highest BCUT2D eigenvalue weighted by Gasteiger charge is 2.27. The fourth-order valence-electron chi connectivity index (χ4n) is 2.33. The fourth-order valence-corrected chi connectivity index (χ4v) is 3.63. The Balaban J connectivity index is 2.03. The van der Waals surface area contributed by atoms with E-state index in [1.54, 1.807) is 23.9 Å². The number of phenols is 1. The van der Waals surface area contributed by atoms with E-state index < -0.39 is 0 Å². The van der Waals surface area contributed by atoms with Crippen LogP contribution in [0.2, 0.25) is 0 Å². The number of benzene rings is 1. The van der Waals surface area contributed by atoms with E-state index in [1.165, 1.54) is 6.42 Å². The minimum absolute atomic E-state index is 0.0376. The van der Waals surface area contributed by atoms with Gasteiger partial charge < -0.3 is 10.0 Å². The second-order valence-electron chi connectivity index (χ2n) is 5.07. The Morgan fingerprint density at radius 1 is 1.37 bits per heavy atom. The van der Waals surface area contributed by atoms with Crippen molar-refractivity contribution in [1.29, 1.82) is 0 Å². The summed E-state index contributed by atoms with van der Waals surface area (Å²) in [4.78, 5) is 14.3. The monoisotopic (exact) mass is 279 g/mol. The number of hydrogen-bond acceptors (Lipinski definition) is 3. The molecule has 1 aliphatic rings. The van der Waals surface area contributed by atoms with Crippen LogP contribution in [0.5, 0.6) is 5.75 Å². The minimum Gasteiger partial charge on any atom is -0.508 e. The van der Waals surface area contributed by atoms with Gasteiger partial charge in [0.2, 0.25) is 5.91 Å². The van der Waals surface area contributed by atoms with Gasteiger partial charge in [0, 0.05) is 7.05 Å². The molecule has 1 aromatic rings. The first-order valence-electron chi connectivity index (χ1n) is 6.77. The van der Waals surface area contributed by atoms with Crippen molar-refractivity contribution >= 4 is 17.7 Å². The van der Waals surface area contributed by atoms with Gasteiger partial charge in [-0.15, -0.1) is 11.8 Å². The lowest BCUT2D eigenvalue weighted by Gasteiger charge is -2.30. The molecule has 1 aliphatic heterocycles. The highest BCUT2D eigenvalue weighted by molar-refractivity contribution is 8.00. The van der Waals surface area contributed by atoms with Crippen molar-refractivity contribution in [3.63, 3.8) is 0 Å². The first-order chi connectivity index (χ1) is 9.09. The first kappa shape index (κ1) is 14.3. The zero-order valence-corrected chi connectivity index (χ0v) is 12.3. The standard InChI is InChI=1S/C15H21NO2S/c1-11(12-6-8-13(17)9-7-12)16(2)15(18)14-5-3-4-10-19-14/h6-9,11,14,17H,3-5,10H2,1-2H3. The third-order valence-corrected chi connectivity index (χ3v) is 5.12. The van der Waals surface area contributed by atoms with Crippen molar-refractivity contribution in [2.24, 2.45) is 0 Å².